The smallest absolute Gasteiger partial charge is 0.335 e. The molecule has 2 aromatic carbocycles. The summed E-state index contributed by atoms with van der Waals surface area (Å²) in [6.07, 6.45) is 1.99. The average Bonchev–Trinajstić information content (AvgIpc) is 2.70. The van der Waals surface area contributed by atoms with Gasteiger partial charge in [0.1, 0.15) is 0 Å². The van der Waals surface area contributed by atoms with E-state index in [1.54, 1.807) is 12.1 Å². The molecule has 3 N–H and O–H groups in total. The first-order valence-electron chi connectivity index (χ1n) is 9.25. The van der Waals surface area contributed by atoms with Gasteiger partial charge in [0.2, 0.25) is 0 Å². The summed E-state index contributed by atoms with van der Waals surface area (Å²) in [5.41, 5.74) is 3.96. The van der Waals surface area contributed by atoms with E-state index in [9.17, 15) is 9.59 Å². The largest absolute Gasteiger partial charge is 0.478 e. The Labute approximate surface area is 159 Å². The predicted molar refractivity (Wildman–Crippen MR) is 104 cm³/mol. The van der Waals surface area contributed by atoms with E-state index in [-0.39, 0.29) is 11.6 Å². The van der Waals surface area contributed by atoms with Crippen molar-refractivity contribution in [1.29, 1.82) is 0 Å². The van der Waals surface area contributed by atoms with E-state index >= 15 is 0 Å². The highest BCUT2D eigenvalue weighted by atomic mass is 16.4. The first-order chi connectivity index (χ1) is 13.1. The van der Waals surface area contributed by atoms with Crippen LogP contribution in [0.3, 0.4) is 0 Å². The van der Waals surface area contributed by atoms with Gasteiger partial charge in [0.25, 0.3) is 0 Å². The third-order valence-electron chi connectivity index (χ3n) is 4.80. The van der Waals surface area contributed by atoms with E-state index in [0.717, 1.165) is 38.0 Å². The van der Waals surface area contributed by atoms with Crippen molar-refractivity contribution in [3.63, 3.8) is 0 Å². The zero-order valence-corrected chi connectivity index (χ0v) is 15.3. The maximum Gasteiger partial charge on any atom is 0.335 e. The minimum atomic E-state index is -0.954. The van der Waals surface area contributed by atoms with Crippen LogP contribution in [0.4, 0.5) is 4.79 Å². The lowest BCUT2D eigenvalue weighted by molar-refractivity contribution is 0.0697. The normalized spacial score (nSPS) is 13.6. The van der Waals surface area contributed by atoms with Gasteiger partial charge in [0.05, 0.1) is 5.56 Å². The Morgan fingerprint density at radius 3 is 2.48 bits per heavy atom. The molecule has 6 nitrogen and oxygen atoms in total. The first kappa shape index (κ1) is 18.9. The summed E-state index contributed by atoms with van der Waals surface area (Å²) in [7, 11) is 0. The number of amides is 2. The highest BCUT2D eigenvalue weighted by Gasteiger charge is 2.14. The number of carboxylic acid groups (broad SMARTS) is 1. The van der Waals surface area contributed by atoms with E-state index in [1.807, 2.05) is 0 Å². The summed E-state index contributed by atoms with van der Waals surface area (Å²) in [6.45, 7) is 4.01. The van der Waals surface area contributed by atoms with E-state index < -0.39 is 5.97 Å². The number of benzene rings is 2. The van der Waals surface area contributed by atoms with Gasteiger partial charge in [-0.2, -0.15) is 0 Å². The maximum absolute atomic E-state index is 11.9. The predicted octanol–water partition coefficient (Wildman–Crippen LogP) is 2.63. The molecule has 0 aliphatic carbocycles. The van der Waals surface area contributed by atoms with Gasteiger partial charge in [0.15, 0.2) is 0 Å². The molecule has 0 saturated carbocycles. The lowest BCUT2D eigenvalue weighted by Gasteiger charge is -2.28. The number of hydrogen-bond donors (Lipinski definition) is 3. The molecule has 1 aliphatic heterocycles. The van der Waals surface area contributed by atoms with Gasteiger partial charge in [-0.05, 0) is 41.7 Å². The molecule has 142 valence electrons. The molecule has 0 radical (unpaired) electrons. The Morgan fingerprint density at radius 1 is 1.00 bits per heavy atom. The molecule has 2 aromatic rings. The number of urea groups is 1. The fraction of sp³-hybridized carbons (Fsp3) is 0.333. The molecule has 0 bridgehead atoms. The summed E-state index contributed by atoms with van der Waals surface area (Å²) in [5.74, 6) is -0.954. The number of hydrogen-bond acceptors (Lipinski definition) is 3. The van der Waals surface area contributed by atoms with Crippen molar-refractivity contribution in [2.75, 3.05) is 19.6 Å². The van der Waals surface area contributed by atoms with Crippen LogP contribution < -0.4 is 10.6 Å². The van der Waals surface area contributed by atoms with Gasteiger partial charge in [-0.1, -0.05) is 36.4 Å². The third-order valence-corrected chi connectivity index (χ3v) is 4.80. The Hall–Kier alpha value is -2.86. The highest BCUT2D eigenvalue weighted by molar-refractivity contribution is 5.87. The molecular weight excluding hydrogens is 342 g/mol. The molecule has 1 heterocycles. The fourth-order valence-electron chi connectivity index (χ4n) is 3.26. The summed E-state index contributed by atoms with van der Waals surface area (Å²) < 4.78 is 0. The molecule has 0 unspecified atom stereocenters. The quantitative estimate of drug-likeness (QED) is 0.657. The zero-order valence-electron chi connectivity index (χ0n) is 15.3. The van der Waals surface area contributed by atoms with Gasteiger partial charge in [-0.25, -0.2) is 9.59 Å². The van der Waals surface area contributed by atoms with E-state index in [1.165, 1.54) is 23.3 Å². The monoisotopic (exact) mass is 367 g/mol. The minimum absolute atomic E-state index is 0.207. The molecule has 2 amide bonds. The molecule has 0 saturated heterocycles. The van der Waals surface area contributed by atoms with Crippen LogP contribution in [-0.2, 0) is 19.5 Å². The molecule has 27 heavy (non-hydrogen) atoms. The maximum atomic E-state index is 11.9. The Balaban J connectivity index is 1.31. The van der Waals surface area contributed by atoms with Crippen molar-refractivity contribution >= 4 is 12.0 Å². The second kappa shape index (κ2) is 9.19. The number of nitrogens with zero attached hydrogens (tertiary/aromatic N) is 1. The molecule has 0 aromatic heterocycles. The number of rotatable bonds is 7. The van der Waals surface area contributed by atoms with Crippen molar-refractivity contribution in [2.45, 2.75) is 25.9 Å². The molecule has 6 heteroatoms. The van der Waals surface area contributed by atoms with E-state index in [4.69, 9.17) is 5.11 Å². The lowest BCUT2D eigenvalue weighted by Crippen LogP contribution is -2.37. The number of carboxylic acids is 1. The van der Waals surface area contributed by atoms with Crippen LogP contribution in [0.5, 0.6) is 0 Å². The summed E-state index contributed by atoms with van der Waals surface area (Å²) in [4.78, 5) is 25.1. The topological polar surface area (TPSA) is 81.7 Å². The van der Waals surface area contributed by atoms with Crippen molar-refractivity contribution in [2.24, 2.45) is 0 Å². The SMILES string of the molecule is O=C(NCCCN1CCc2ccccc2C1)NCc1ccc(C(=O)O)cc1. The summed E-state index contributed by atoms with van der Waals surface area (Å²) in [6, 6.07) is 14.9. The summed E-state index contributed by atoms with van der Waals surface area (Å²) >= 11 is 0. The second-order valence-electron chi connectivity index (χ2n) is 6.76. The number of aromatic carboxylic acids is 1. The molecule has 1 aliphatic rings. The first-order valence-corrected chi connectivity index (χ1v) is 9.25. The second-order valence-corrected chi connectivity index (χ2v) is 6.76. The van der Waals surface area contributed by atoms with Crippen molar-refractivity contribution < 1.29 is 14.7 Å². The van der Waals surface area contributed by atoms with Crippen LogP contribution in [0.1, 0.15) is 33.5 Å². The van der Waals surface area contributed by atoms with Crippen LogP contribution in [-0.4, -0.2) is 41.6 Å². The van der Waals surface area contributed by atoms with Crippen molar-refractivity contribution in [3.8, 4) is 0 Å². The van der Waals surface area contributed by atoms with Gasteiger partial charge < -0.3 is 15.7 Å². The standard InChI is InChI=1S/C21H25N3O3/c25-20(26)18-8-6-16(7-9-18)14-23-21(27)22-11-3-12-24-13-10-17-4-1-2-5-19(17)15-24/h1-2,4-9H,3,10-15H2,(H,25,26)(H2,22,23,27). The molecule has 0 spiro atoms. The molecule has 3 rings (SSSR count). The number of fused-ring (bicyclic) bond motifs is 1. The highest BCUT2D eigenvalue weighted by Crippen LogP contribution is 2.18. The van der Waals surface area contributed by atoms with Crippen molar-refractivity contribution in [3.05, 3.63) is 70.8 Å². The van der Waals surface area contributed by atoms with Crippen LogP contribution in [0.2, 0.25) is 0 Å². The summed E-state index contributed by atoms with van der Waals surface area (Å²) in [5, 5.41) is 14.5. The third kappa shape index (κ3) is 5.56. The Kier molecular flexibility index (Phi) is 6.44. The number of nitrogens with one attached hydrogen (secondary N) is 2. The van der Waals surface area contributed by atoms with Crippen LogP contribution in [0.25, 0.3) is 0 Å². The molecule has 0 atom stereocenters. The van der Waals surface area contributed by atoms with Crippen LogP contribution in [0.15, 0.2) is 48.5 Å². The fourth-order valence-corrected chi connectivity index (χ4v) is 3.26. The van der Waals surface area contributed by atoms with E-state index in [0.29, 0.717) is 13.1 Å². The Bertz CT molecular complexity index is 790. The zero-order chi connectivity index (χ0) is 19.1. The van der Waals surface area contributed by atoms with Gasteiger partial charge in [0, 0.05) is 32.7 Å². The lowest BCUT2D eigenvalue weighted by atomic mass is 10.00. The molecular formula is C21H25N3O3. The number of carbonyl (C=O) groups is 2. The van der Waals surface area contributed by atoms with Crippen LogP contribution >= 0.6 is 0 Å². The van der Waals surface area contributed by atoms with Gasteiger partial charge in [-0.15, -0.1) is 0 Å². The minimum Gasteiger partial charge on any atom is -0.478 e. The van der Waals surface area contributed by atoms with Gasteiger partial charge >= 0.3 is 12.0 Å². The van der Waals surface area contributed by atoms with Gasteiger partial charge in [-0.3, -0.25) is 4.90 Å². The Morgan fingerprint density at radius 2 is 1.74 bits per heavy atom. The number of carbonyl (C=O) groups excluding carboxylic acids is 1. The van der Waals surface area contributed by atoms with Crippen molar-refractivity contribution in [1.82, 2.24) is 15.5 Å². The average molecular weight is 367 g/mol. The molecule has 0 fully saturated rings. The van der Waals surface area contributed by atoms with E-state index in [2.05, 4.69) is 39.8 Å². The van der Waals surface area contributed by atoms with Crippen LogP contribution in [0, 0.1) is 0 Å².